The molecule has 0 saturated carbocycles. The zero-order chi connectivity index (χ0) is 19.4. The van der Waals surface area contributed by atoms with Crippen molar-refractivity contribution >= 4 is 23.2 Å². The summed E-state index contributed by atoms with van der Waals surface area (Å²) in [7, 11) is 0. The number of amides is 2. The quantitative estimate of drug-likeness (QED) is 0.741. The van der Waals surface area contributed by atoms with Gasteiger partial charge in [0.25, 0.3) is 0 Å². The van der Waals surface area contributed by atoms with Gasteiger partial charge in [-0.25, -0.2) is 0 Å². The molecule has 0 spiro atoms. The Morgan fingerprint density at radius 2 is 1.74 bits per heavy atom. The van der Waals surface area contributed by atoms with Crippen LogP contribution in [0.3, 0.4) is 0 Å². The lowest BCUT2D eigenvalue weighted by Crippen LogP contribution is -2.47. The fourth-order valence-corrected chi connectivity index (χ4v) is 4.02. The van der Waals surface area contributed by atoms with E-state index in [4.69, 9.17) is 0 Å². The molecule has 0 aromatic heterocycles. The summed E-state index contributed by atoms with van der Waals surface area (Å²) in [4.78, 5) is 29.2. The average Bonchev–Trinajstić information content (AvgIpc) is 2.67. The van der Waals surface area contributed by atoms with Gasteiger partial charge in [-0.05, 0) is 43.5 Å². The van der Waals surface area contributed by atoms with Crippen LogP contribution >= 0.6 is 0 Å². The van der Waals surface area contributed by atoms with Crippen LogP contribution < -0.4 is 9.80 Å². The molecule has 0 fully saturated rings. The molecule has 0 N–H and O–H groups in total. The lowest BCUT2D eigenvalue weighted by atomic mass is 9.89. The summed E-state index contributed by atoms with van der Waals surface area (Å²) >= 11 is 0. The number of carbonyl (C=O) groups excluding carboxylic acids is 2. The fraction of sp³-hybridized carbons (Fsp3) is 0.391. The van der Waals surface area contributed by atoms with Crippen LogP contribution in [0.1, 0.15) is 58.1 Å². The first kappa shape index (κ1) is 19.2. The highest BCUT2D eigenvalue weighted by Gasteiger charge is 2.37. The van der Waals surface area contributed by atoms with Gasteiger partial charge in [-0.15, -0.1) is 0 Å². The molecular formula is C23H28N2O2. The average molecular weight is 364 g/mol. The van der Waals surface area contributed by atoms with Gasteiger partial charge in [0.1, 0.15) is 0 Å². The van der Waals surface area contributed by atoms with Crippen molar-refractivity contribution in [3.8, 4) is 0 Å². The number of fused-ring (bicyclic) bond motifs is 1. The standard InChI is InChI=1S/C23H28N2O2/c1-4-5-15-23(27)24-17(2)16-22(20-13-9-10-14-21(20)24)25(18(3)26)19-11-7-6-8-12-19/h6-14,17,22H,4-5,15-16H2,1-3H3/t17-,22-/m0/s1. The fourth-order valence-electron chi connectivity index (χ4n) is 4.02. The monoisotopic (exact) mass is 364 g/mol. The van der Waals surface area contributed by atoms with E-state index in [1.807, 2.05) is 64.4 Å². The number of carbonyl (C=O) groups is 2. The normalized spacial score (nSPS) is 18.7. The van der Waals surface area contributed by atoms with Crippen molar-refractivity contribution in [1.82, 2.24) is 0 Å². The van der Waals surface area contributed by atoms with Crippen molar-refractivity contribution in [3.05, 3.63) is 60.2 Å². The zero-order valence-electron chi connectivity index (χ0n) is 16.4. The van der Waals surface area contributed by atoms with Crippen LogP contribution in [0.4, 0.5) is 11.4 Å². The molecule has 2 atom stereocenters. The second-order valence-electron chi connectivity index (χ2n) is 7.25. The first-order valence-corrected chi connectivity index (χ1v) is 9.80. The second kappa shape index (κ2) is 8.38. The molecule has 0 bridgehead atoms. The number of benzene rings is 2. The smallest absolute Gasteiger partial charge is 0.227 e. The Bertz CT molecular complexity index is 803. The molecule has 4 heteroatoms. The number of hydrogen-bond donors (Lipinski definition) is 0. The van der Waals surface area contributed by atoms with E-state index in [0.717, 1.165) is 36.2 Å². The predicted octanol–water partition coefficient (Wildman–Crippen LogP) is 5.10. The van der Waals surface area contributed by atoms with E-state index in [-0.39, 0.29) is 23.9 Å². The minimum Gasteiger partial charge on any atom is -0.309 e. The summed E-state index contributed by atoms with van der Waals surface area (Å²) in [5.41, 5.74) is 2.87. The summed E-state index contributed by atoms with van der Waals surface area (Å²) in [6.45, 7) is 5.79. The van der Waals surface area contributed by atoms with Crippen molar-refractivity contribution in [1.29, 1.82) is 0 Å². The number of para-hydroxylation sites is 2. The maximum Gasteiger partial charge on any atom is 0.227 e. The Labute approximate surface area is 161 Å². The SMILES string of the molecule is CCCCC(=O)N1c2ccccc2[C@@H](N(C(C)=O)c2ccccc2)C[C@@H]1C. The van der Waals surface area contributed by atoms with E-state index < -0.39 is 0 Å². The van der Waals surface area contributed by atoms with Gasteiger partial charge in [0, 0.05) is 30.8 Å². The summed E-state index contributed by atoms with van der Waals surface area (Å²) in [5, 5.41) is 0. The van der Waals surface area contributed by atoms with E-state index in [1.165, 1.54) is 0 Å². The largest absolute Gasteiger partial charge is 0.309 e. The van der Waals surface area contributed by atoms with Crippen LogP contribution in [0.2, 0.25) is 0 Å². The van der Waals surface area contributed by atoms with Crippen LogP contribution in [0.15, 0.2) is 54.6 Å². The second-order valence-corrected chi connectivity index (χ2v) is 7.25. The van der Waals surface area contributed by atoms with Gasteiger partial charge >= 0.3 is 0 Å². The Hall–Kier alpha value is -2.62. The molecular weight excluding hydrogens is 336 g/mol. The molecule has 4 nitrogen and oxygen atoms in total. The van der Waals surface area contributed by atoms with Gasteiger partial charge in [-0.3, -0.25) is 9.59 Å². The topological polar surface area (TPSA) is 40.6 Å². The highest BCUT2D eigenvalue weighted by molar-refractivity contribution is 5.97. The van der Waals surface area contributed by atoms with Gasteiger partial charge in [0.2, 0.25) is 11.8 Å². The van der Waals surface area contributed by atoms with Crippen molar-refractivity contribution < 1.29 is 9.59 Å². The van der Waals surface area contributed by atoms with Gasteiger partial charge in [0.05, 0.1) is 6.04 Å². The summed E-state index contributed by atoms with van der Waals surface area (Å²) < 4.78 is 0. The third-order valence-electron chi connectivity index (χ3n) is 5.26. The van der Waals surface area contributed by atoms with Crippen molar-refractivity contribution in [2.45, 2.75) is 58.5 Å². The molecule has 0 unspecified atom stereocenters. The molecule has 27 heavy (non-hydrogen) atoms. The van der Waals surface area contributed by atoms with Crippen LogP contribution in [-0.2, 0) is 9.59 Å². The van der Waals surface area contributed by atoms with E-state index in [2.05, 4.69) is 13.8 Å². The van der Waals surface area contributed by atoms with Gasteiger partial charge in [-0.2, -0.15) is 0 Å². The maximum atomic E-state index is 12.9. The van der Waals surface area contributed by atoms with Crippen molar-refractivity contribution in [3.63, 3.8) is 0 Å². The molecule has 0 saturated heterocycles. The molecule has 2 aromatic carbocycles. The number of anilines is 2. The predicted molar refractivity (Wildman–Crippen MR) is 110 cm³/mol. The molecule has 142 valence electrons. The van der Waals surface area contributed by atoms with E-state index in [1.54, 1.807) is 6.92 Å². The van der Waals surface area contributed by atoms with Gasteiger partial charge in [0.15, 0.2) is 0 Å². The summed E-state index contributed by atoms with van der Waals surface area (Å²) in [6.07, 6.45) is 3.19. The number of hydrogen-bond acceptors (Lipinski definition) is 2. The lowest BCUT2D eigenvalue weighted by Gasteiger charge is -2.43. The Kier molecular flexibility index (Phi) is 5.94. The first-order valence-electron chi connectivity index (χ1n) is 9.80. The summed E-state index contributed by atoms with van der Waals surface area (Å²) in [6, 6.07) is 17.7. The third kappa shape index (κ3) is 3.90. The summed E-state index contributed by atoms with van der Waals surface area (Å²) in [5.74, 6) is 0.184. The van der Waals surface area contributed by atoms with Crippen molar-refractivity contribution in [2.24, 2.45) is 0 Å². The van der Waals surface area contributed by atoms with E-state index >= 15 is 0 Å². The highest BCUT2D eigenvalue weighted by atomic mass is 16.2. The third-order valence-corrected chi connectivity index (χ3v) is 5.26. The molecule has 1 aliphatic heterocycles. The van der Waals surface area contributed by atoms with Crippen LogP contribution in [-0.4, -0.2) is 17.9 Å². The molecule has 1 heterocycles. The molecule has 2 aromatic rings. The van der Waals surface area contributed by atoms with Crippen molar-refractivity contribution in [2.75, 3.05) is 9.80 Å². The Balaban J connectivity index is 2.02. The molecule has 0 aliphatic carbocycles. The molecule has 2 amide bonds. The maximum absolute atomic E-state index is 12.9. The number of nitrogens with zero attached hydrogens (tertiary/aromatic N) is 2. The van der Waals surface area contributed by atoms with Gasteiger partial charge < -0.3 is 9.80 Å². The number of unbranched alkanes of at least 4 members (excludes halogenated alkanes) is 1. The highest BCUT2D eigenvalue weighted by Crippen LogP contribution is 2.42. The zero-order valence-corrected chi connectivity index (χ0v) is 16.4. The minimum atomic E-state index is -0.0775. The molecule has 1 aliphatic rings. The van der Waals surface area contributed by atoms with Gasteiger partial charge in [-0.1, -0.05) is 49.7 Å². The van der Waals surface area contributed by atoms with Crippen LogP contribution in [0.5, 0.6) is 0 Å². The number of rotatable bonds is 5. The minimum absolute atomic E-state index is 0.0129. The first-order chi connectivity index (χ1) is 13.0. The molecule has 0 radical (unpaired) electrons. The Morgan fingerprint density at radius 1 is 1.07 bits per heavy atom. The Morgan fingerprint density at radius 3 is 2.41 bits per heavy atom. The molecule has 3 rings (SSSR count). The lowest BCUT2D eigenvalue weighted by molar-refractivity contribution is -0.119. The van der Waals surface area contributed by atoms with Crippen LogP contribution in [0, 0.1) is 0 Å². The van der Waals surface area contributed by atoms with E-state index in [0.29, 0.717) is 6.42 Å². The van der Waals surface area contributed by atoms with E-state index in [9.17, 15) is 9.59 Å². The van der Waals surface area contributed by atoms with Crippen LogP contribution in [0.25, 0.3) is 0 Å².